The maximum Gasteiger partial charge on any atom is 0.277 e. The molecule has 0 rings (SSSR count). The van der Waals surface area contributed by atoms with Crippen LogP contribution in [0.2, 0.25) is 0 Å². The van der Waals surface area contributed by atoms with Crippen LogP contribution in [0, 0.1) is 5.41 Å². The molecule has 0 unspecified atom stereocenters. The topological polar surface area (TPSA) is 35.9 Å². The summed E-state index contributed by atoms with van der Waals surface area (Å²) < 4.78 is 23.3. The van der Waals surface area contributed by atoms with Crippen LogP contribution in [-0.4, -0.2) is 19.7 Å². The zero-order valence-electron chi connectivity index (χ0n) is 4.99. The first-order valence-electron chi connectivity index (χ1n) is 2.39. The highest BCUT2D eigenvalue weighted by molar-refractivity contribution is 5.68. The molecular formula is C5H8F2N2. The van der Waals surface area contributed by atoms with Crippen LogP contribution in [0.3, 0.4) is 0 Å². The minimum absolute atomic E-state index is 0.231. The van der Waals surface area contributed by atoms with Crippen molar-refractivity contribution in [3.05, 3.63) is 11.8 Å². The molecule has 9 heavy (non-hydrogen) atoms. The van der Waals surface area contributed by atoms with Crippen LogP contribution in [0.5, 0.6) is 0 Å². The lowest BCUT2D eigenvalue weighted by atomic mass is 10.4. The van der Waals surface area contributed by atoms with Crippen LogP contribution in [0.4, 0.5) is 8.78 Å². The Kier molecular flexibility index (Phi) is 3.59. The average molecular weight is 134 g/mol. The summed E-state index contributed by atoms with van der Waals surface area (Å²) in [5.41, 5.74) is -0.231. The summed E-state index contributed by atoms with van der Waals surface area (Å²) in [7, 11) is 1.39. The Bertz CT molecular complexity index is 120. The first-order chi connectivity index (χ1) is 4.22. The Morgan fingerprint density at radius 3 is 2.33 bits per heavy atom. The van der Waals surface area contributed by atoms with E-state index in [4.69, 9.17) is 5.41 Å². The van der Waals surface area contributed by atoms with Gasteiger partial charge >= 0.3 is 0 Å². The first-order valence-corrected chi connectivity index (χ1v) is 2.39. The number of hydrogen-bond donors (Lipinski definition) is 2. The van der Waals surface area contributed by atoms with Gasteiger partial charge in [-0.25, -0.2) is 8.78 Å². The molecule has 0 aromatic carbocycles. The summed E-state index contributed by atoms with van der Waals surface area (Å²) in [4.78, 5) is 0. The second-order valence-electron chi connectivity index (χ2n) is 1.34. The van der Waals surface area contributed by atoms with Gasteiger partial charge in [0.15, 0.2) is 0 Å². The number of alkyl halides is 2. The van der Waals surface area contributed by atoms with E-state index in [1.54, 1.807) is 0 Å². The summed E-state index contributed by atoms with van der Waals surface area (Å²) in [5, 5.41) is 8.72. The van der Waals surface area contributed by atoms with Gasteiger partial charge in [0.1, 0.15) is 0 Å². The van der Waals surface area contributed by atoms with E-state index < -0.39 is 6.43 Å². The minimum Gasteiger partial charge on any atom is -0.387 e. The highest BCUT2D eigenvalue weighted by Gasteiger charge is 2.05. The third kappa shape index (κ3) is 2.79. The summed E-state index contributed by atoms with van der Waals surface area (Å²) in [6, 6.07) is 0. The van der Waals surface area contributed by atoms with E-state index in [9.17, 15) is 8.78 Å². The lowest BCUT2D eigenvalue weighted by Crippen LogP contribution is -2.13. The van der Waals surface area contributed by atoms with E-state index >= 15 is 0 Å². The van der Waals surface area contributed by atoms with Crippen molar-refractivity contribution in [2.24, 2.45) is 0 Å². The zero-order valence-corrected chi connectivity index (χ0v) is 4.99. The molecule has 0 fully saturated rings. The van der Waals surface area contributed by atoms with Gasteiger partial charge < -0.3 is 10.7 Å². The predicted octanol–water partition coefficient (Wildman–Crippen LogP) is 1.00. The SMILES string of the molecule is CN/C(=C\C=N)C(F)F. The summed E-state index contributed by atoms with van der Waals surface area (Å²) in [6.45, 7) is 0. The molecule has 0 bridgehead atoms. The van der Waals surface area contributed by atoms with Gasteiger partial charge in [-0.05, 0) is 6.08 Å². The molecule has 52 valence electrons. The first kappa shape index (κ1) is 8.07. The molecule has 0 saturated heterocycles. The van der Waals surface area contributed by atoms with Gasteiger partial charge in [-0.15, -0.1) is 0 Å². The van der Waals surface area contributed by atoms with E-state index in [1.165, 1.54) is 7.05 Å². The number of nitrogens with one attached hydrogen (secondary N) is 2. The second-order valence-corrected chi connectivity index (χ2v) is 1.34. The highest BCUT2D eigenvalue weighted by atomic mass is 19.3. The summed E-state index contributed by atoms with van der Waals surface area (Å²) in [6.07, 6.45) is -0.681. The molecule has 0 radical (unpaired) electrons. The fourth-order valence-corrected chi connectivity index (χ4v) is 0.355. The molecule has 0 heterocycles. The Morgan fingerprint density at radius 1 is 1.67 bits per heavy atom. The molecular weight excluding hydrogens is 126 g/mol. The van der Waals surface area contributed by atoms with Crippen LogP contribution in [0.25, 0.3) is 0 Å². The van der Waals surface area contributed by atoms with Crippen molar-refractivity contribution in [3.63, 3.8) is 0 Å². The minimum atomic E-state index is -2.52. The molecule has 2 nitrogen and oxygen atoms in total. The average Bonchev–Trinajstić information content (AvgIpc) is 1.82. The fourth-order valence-electron chi connectivity index (χ4n) is 0.355. The lowest BCUT2D eigenvalue weighted by molar-refractivity contribution is 0.182. The number of halogens is 2. The van der Waals surface area contributed by atoms with Crippen molar-refractivity contribution in [3.8, 4) is 0 Å². The van der Waals surface area contributed by atoms with Crippen LogP contribution in [0.15, 0.2) is 11.8 Å². The molecule has 0 aliphatic heterocycles. The smallest absolute Gasteiger partial charge is 0.277 e. The Balaban J connectivity index is 3.96. The normalized spacial score (nSPS) is 11.8. The van der Waals surface area contributed by atoms with E-state index in [1.807, 2.05) is 0 Å². The molecule has 0 amide bonds. The molecule has 0 atom stereocenters. The number of hydrogen-bond acceptors (Lipinski definition) is 2. The molecule has 0 aliphatic rings. The van der Waals surface area contributed by atoms with E-state index in [2.05, 4.69) is 5.32 Å². The van der Waals surface area contributed by atoms with Gasteiger partial charge in [-0.3, -0.25) is 0 Å². The third-order valence-electron chi connectivity index (χ3n) is 0.787. The fraction of sp³-hybridized carbons (Fsp3) is 0.400. The zero-order chi connectivity index (χ0) is 7.28. The van der Waals surface area contributed by atoms with Crippen molar-refractivity contribution in [1.29, 1.82) is 5.41 Å². The van der Waals surface area contributed by atoms with Crippen molar-refractivity contribution < 1.29 is 8.78 Å². The Morgan fingerprint density at radius 2 is 2.22 bits per heavy atom. The molecule has 0 aromatic heterocycles. The van der Waals surface area contributed by atoms with E-state index in [0.29, 0.717) is 0 Å². The summed E-state index contributed by atoms with van der Waals surface area (Å²) >= 11 is 0. The van der Waals surface area contributed by atoms with Gasteiger partial charge in [0, 0.05) is 13.3 Å². The van der Waals surface area contributed by atoms with E-state index in [-0.39, 0.29) is 5.70 Å². The maximum atomic E-state index is 11.7. The van der Waals surface area contributed by atoms with Crippen molar-refractivity contribution in [2.45, 2.75) is 6.43 Å². The molecule has 0 saturated carbocycles. The van der Waals surface area contributed by atoms with E-state index in [0.717, 1.165) is 12.3 Å². The third-order valence-corrected chi connectivity index (χ3v) is 0.787. The Labute approximate surface area is 52.1 Å². The van der Waals surface area contributed by atoms with Gasteiger partial charge in [-0.2, -0.15) is 0 Å². The van der Waals surface area contributed by atoms with Crippen LogP contribution < -0.4 is 5.32 Å². The molecule has 0 spiro atoms. The van der Waals surface area contributed by atoms with Crippen LogP contribution >= 0.6 is 0 Å². The maximum absolute atomic E-state index is 11.7. The predicted molar refractivity (Wildman–Crippen MR) is 31.9 cm³/mol. The quantitative estimate of drug-likeness (QED) is 0.555. The van der Waals surface area contributed by atoms with Gasteiger partial charge in [0.2, 0.25) is 0 Å². The number of allylic oxidation sites excluding steroid dienone is 2. The molecule has 0 aromatic rings. The van der Waals surface area contributed by atoms with Crippen LogP contribution in [-0.2, 0) is 0 Å². The second kappa shape index (κ2) is 4.00. The van der Waals surface area contributed by atoms with Crippen LogP contribution in [0.1, 0.15) is 0 Å². The summed E-state index contributed by atoms with van der Waals surface area (Å²) in [5.74, 6) is 0. The van der Waals surface area contributed by atoms with Crippen molar-refractivity contribution in [1.82, 2.24) is 5.32 Å². The highest BCUT2D eigenvalue weighted by Crippen LogP contribution is 2.01. The number of rotatable bonds is 3. The standard InChI is InChI=1S/C5H8F2N2/c1-9-4(2-3-8)5(6)7/h2-3,5,8-9H,1H3/b4-2-,8-3?. The monoisotopic (exact) mass is 134 g/mol. The lowest BCUT2D eigenvalue weighted by Gasteiger charge is -2.01. The van der Waals surface area contributed by atoms with Gasteiger partial charge in [0.05, 0.1) is 5.70 Å². The molecule has 2 N–H and O–H groups in total. The van der Waals surface area contributed by atoms with Crippen molar-refractivity contribution in [2.75, 3.05) is 7.05 Å². The Hall–Kier alpha value is -0.930. The van der Waals surface area contributed by atoms with Gasteiger partial charge in [-0.1, -0.05) is 0 Å². The molecule has 0 aliphatic carbocycles. The van der Waals surface area contributed by atoms with Gasteiger partial charge in [0.25, 0.3) is 6.43 Å². The van der Waals surface area contributed by atoms with Crippen molar-refractivity contribution >= 4 is 6.21 Å². The molecule has 4 heteroatoms. The largest absolute Gasteiger partial charge is 0.387 e.